The molecule has 1 heterocycles. The molecule has 1 aromatic rings. The van der Waals surface area contributed by atoms with Crippen LogP contribution in [0.25, 0.3) is 0 Å². The van der Waals surface area contributed by atoms with Gasteiger partial charge in [-0.15, -0.1) is 0 Å². The van der Waals surface area contributed by atoms with E-state index in [4.69, 9.17) is 0 Å². The van der Waals surface area contributed by atoms with Crippen molar-refractivity contribution >= 4 is 28.9 Å². The highest BCUT2D eigenvalue weighted by Gasteiger charge is 2.26. The lowest BCUT2D eigenvalue weighted by atomic mass is 10.1. The molecular formula is C19H30N4O2. The SMILES string of the molecule is CCCNC(=O)c1cc(N2CCCC2=O)cc(NCC)c1N(C)CC. The summed E-state index contributed by atoms with van der Waals surface area (Å²) < 4.78 is 0. The van der Waals surface area contributed by atoms with Crippen molar-refractivity contribution in [3.05, 3.63) is 17.7 Å². The second-order valence-corrected chi connectivity index (χ2v) is 6.34. The van der Waals surface area contributed by atoms with Crippen LogP contribution < -0.4 is 20.4 Å². The van der Waals surface area contributed by atoms with Gasteiger partial charge in [0.2, 0.25) is 5.91 Å². The molecule has 6 nitrogen and oxygen atoms in total. The number of nitrogens with one attached hydrogen (secondary N) is 2. The van der Waals surface area contributed by atoms with Crippen LogP contribution in [0.1, 0.15) is 50.4 Å². The molecule has 25 heavy (non-hydrogen) atoms. The summed E-state index contributed by atoms with van der Waals surface area (Å²) in [5.41, 5.74) is 3.19. The van der Waals surface area contributed by atoms with E-state index in [0.29, 0.717) is 25.1 Å². The molecule has 138 valence electrons. The van der Waals surface area contributed by atoms with Crippen molar-refractivity contribution < 1.29 is 9.59 Å². The maximum Gasteiger partial charge on any atom is 0.253 e. The zero-order chi connectivity index (χ0) is 18.4. The van der Waals surface area contributed by atoms with E-state index in [1.165, 1.54) is 0 Å². The van der Waals surface area contributed by atoms with E-state index >= 15 is 0 Å². The van der Waals surface area contributed by atoms with Crippen molar-refractivity contribution in [1.29, 1.82) is 0 Å². The van der Waals surface area contributed by atoms with Gasteiger partial charge in [0, 0.05) is 45.3 Å². The summed E-state index contributed by atoms with van der Waals surface area (Å²) in [6.07, 6.45) is 2.32. The van der Waals surface area contributed by atoms with E-state index in [1.54, 1.807) is 4.90 Å². The third-order valence-electron chi connectivity index (χ3n) is 4.48. The molecule has 0 atom stereocenters. The first kappa shape index (κ1) is 19.1. The molecule has 0 spiro atoms. The summed E-state index contributed by atoms with van der Waals surface area (Å²) in [7, 11) is 1.98. The minimum Gasteiger partial charge on any atom is -0.384 e. The topological polar surface area (TPSA) is 64.7 Å². The molecule has 0 bridgehead atoms. The summed E-state index contributed by atoms with van der Waals surface area (Å²) >= 11 is 0. The average Bonchev–Trinajstić information content (AvgIpc) is 3.04. The molecule has 0 unspecified atom stereocenters. The van der Waals surface area contributed by atoms with Gasteiger partial charge in [-0.05, 0) is 38.8 Å². The number of benzene rings is 1. The van der Waals surface area contributed by atoms with Gasteiger partial charge in [-0.1, -0.05) is 6.92 Å². The Bertz CT molecular complexity index is 630. The molecule has 2 rings (SSSR count). The van der Waals surface area contributed by atoms with Gasteiger partial charge in [-0.3, -0.25) is 9.59 Å². The van der Waals surface area contributed by atoms with Gasteiger partial charge >= 0.3 is 0 Å². The maximum atomic E-state index is 12.8. The number of hydrogen-bond donors (Lipinski definition) is 2. The molecule has 1 aromatic carbocycles. The van der Waals surface area contributed by atoms with Crippen molar-refractivity contribution in [2.75, 3.05) is 48.3 Å². The Kier molecular flexibility index (Phi) is 6.67. The van der Waals surface area contributed by atoms with E-state index in [0.717, 1.165) is 43.0 Å². The summed E-state index contributed by atoms with van der Waals surface area (Å²) in [5, 5.41) is 6.33. The first-order valence-electron chi connectivity index (χ1n) is 9.25. The lowest BCUT2D eigenvalue weighted by molar-refractivity contribution is -0.117. The molecule has 0 aliphatic carbocycles. The quantitative estimate of drug-likeness (QED) is 0.760. The third kappa shape index (κ3) is 4.24. The molecule has 2 amide bonds. The lowest BCUT2D eigenvalue weighted by Gasteiger charge is -2.27. The van der Waals surface area contributed by atoms with Gasteiger partial charge in [0.25, 0.3) is 5.91 Å². The summed E-state index contributed by atoms with van der Waals surface area (Å²) in [4.78, 5) is 28.8. The van der Waals surface area contributed by atoms with Gasteiger partial charge in [-0.25, -0.2) is 0 Å². The van der Waals surface area contributed by atoms with Gasteiger partial charge in [0.1, 0.15) is 0 Å². The highest BCUT2D eigenvalue weighted by molar-refractivity contribution is 6.06. The molecule has 1 aliphatic heterocycles. The summed E-state index contributed by atoms with van der Waals surface area (Å²) in [5.74, 6) is 0.0313. The monoisotopic (exact) mass is 346 g/mol. The molecule has 6 heteroatoms. The van der Waals surface area contributed by atoms with Crippen molar-refractivity contribution in [3.8, 4) is 0 Å². The average molecular weight is 346 g/mol. The second kappa shape index (κ2) is 8.74. The maximum absolute atomic E-state index is 12.8. The molecule has 0 saturated carbocycles. The first-order chi connectivity index (χ1) is 12.0. The number of carbonyl (C=O) groups is 2. The van der Waals surface area contributed by atoms with Gasteiger partial charge in [0.05, 0.1) is 16.9 Å². The van der Waals surface area contributed by atoms with Crippen LogP contribution in [-0.4, -0.2) is 45.0 Å². The van der Waals surface area contributed by atoms with Crippen molar-refractivity contribution in [2.45, 2.75) is 40.0 Å². The fraction of sp³-hybridized carbons (Fsp3) is 0.579. The van der Waals surface area contributed by atoms with Crippen LogP contribution in [-0.2, 0) is 4.79 Å². The fourth-order valence-electron chi connectivity index (χ4n) is 3.10. The summed E-state index contributed by atoms with van der Waals surface area (Å²) in [6, 6.07) is 3.85. The Balaban J connectivity index is 2.55. The molecule has 1 fully saturated rings. The summed E-state index contributed by atoms with van der Waals surface area (Å²) in [6.45, 7) is 9.00. The van der Waals surface area contributed by atoms with Crippen LogP contribution in [0.3, 0.4) is 0 Å². The van der Waals surface area contributed by atoms with Gasteiger partial charge < -0.3 is 20.4 Å². The molecular weight excluding hydrogens is 316 g/mol. The van der Waals surface area contributed by atoms with E-state index in [9.17, 15) is 9.59 Å². The van der Waals surface area contributed by atoms with Crippen molar-refractivity contribution in [3.63, 3.8) is 0 Å². The van der Waals surface area contributed by atoms with Crippen LogP contribution in [0.5, 0.6) is 0 Å². The molecule has 2 N–H and O–H groups in total. The zero-order valence-corrected chi connectivity index (χ0v) is 15.8. The normalized spacial score (nSPS) is 13.9. The van der Waals surface area contributed by atoms with Crippen LogP contribution in [0.4, 0.5) is 17.1 Å². The van der Waals surface area contributed by atoms with E-state index in [2.05, 4.69) is 22.5 Å². The molecule has 0 aromatic heterocycles. The second-order valence-electron chi connectivity index (χ2n) is 6.34. The zero-order valence-electron chi connectivity index (χ0n) is 15.8. The molecule has 1 saturated heterocycles. The van der Waals surface area contributed by atoms with Crippen molar-refractivity contribution in [1.82, 2.24) is 5.32 Å². The third-order valence-corrected chi connectivity index (χ3v) is 4.48. The van der Waals surface area contributed by atoms with Crippen LogP contribution in [0.15, 0.2) is 12.1 Å². The van der Waals surface area contributed by atoms with Crippen LogP contribution in [0.2, 0.25) is 0 Å². The number of anilines is 3. The lowest BCUT2D eigenvalue weighted by Crippen LogP contribution is -2.30. The Labute approximate surface area is 150 Å². The van der Waals surface area contributed by atoms with E-state index < -0.39 is 0 Å². The largest absolute Gasteiger partial charge is 0.384 e. The minimum absolute atomic E-state index is 0.0928. The predicted octanol–water partition coefficient (Wildman–Crippen LogP) is 2.84. The highest BCUT2D eigenvalue weighted by Crippen LogP contribution is 2.36. The van der Waals surface area contributed by atoms with E-state index in [-0.39, 0.29) is 11.8 Å². The Morgan fingerprint density at radius 1 is 1.28 bits per heavy atom. The van der Waals surface area contributed by atoms with E-state index in [1.807, 2.05) is 33.0 Å². The number of rotatable bonds is 8. The fourth-order valence-corrected chi connectivity index (χ4v) is 3.10. The standard InChI is InChI=1S/C19H30N4O2/c1-5-10-21-19(25)15-12-14(23-11-8-9-17(23)24)13-16(20-6-2)18(15)22(4)7-3/h12-13,20H,5-11H2,1-4H3,(H,21,25). The Morgan fingerprint density at radius 2 is 2.04 bits per heavy atom. The predicted molar refractivity (Wildman–Crippen MR) is 104 cm³/mol. The van der Waals surface area contributed by atoms with Gasteiger partial charge in [0.15, 0.2) is 0 Å². The number of amides is 2. The number of nitrogens with zero attached hydrogens (tertiary/aromatic N) is 2. The minimum atomic E-state index is -0.0928. The number of hydrogen-bond acceptors (Lipinski definition) is 4. The Morgan fingerprint density at radius 3 is 2.60 bits per heavy atom. The highest BCUT2D eigenvalue weighted by atomic mass is 16.2. The van der Waals surface area contributed by atoms with Gasteiger partial charge in [-0.2, -0.15) is 0 Å². The molecule has 0 radical (unpaired) electrons. The first-order valence-corrected chi connectivity index (χ1v) is 9.25. The molecule has 1 aliphatic rings. The smallest absolute Gasteiger partial charge is 0.253 e. The van der Waals surface area contributed by atoms with Crippen LogP contribution >= 0.6 is 0 Å². The number of carbonyl (C=O) groups excluding carboxylic acids is 2. The van der Waals surface area contributed by atoms with Crippen molar-refractivity contribution in [2.24, 2.45) is 0 Å². The Hall–Kier alpha value is -2.24. The van der Waals surface area contributed by atoms with Crippen LogP contribution in [0, 0.1) is 0 Å².